The molecule has 0 aliphatic rings. The highest BCUT2D eigenvalue weighted by atomic mass is 16.5. The molecule has 0 saturated heterocycles. The molecule has 0 saturated carbocycles. The lowest BCUT2D eigenvalue weighted by Gasteiger charge is -2.14. The van der Waals surface area contributed by atoms with Gasteiger partial charge in [0.15, 0.2) is 0 Å². The number of ether oxygens (including phenoxy) is 1. The molecule has 0 aromatic heterocycles. The fourth-order valence-electron chi connectivity index (χ4n) is 1.94. The number of hydrogen-bond acceptors (Lipinski definition) is 1. The lowest BCUT2D eigenvalue weighted by Crippen LogP contribution is -1.99. The normalized spacial score (nSPS) is 12.9. The smallest absolute Gasteiger partial charge is 0.0802 e. The number of fused-ring (bicyclic) bond motifs is 1. The summed E-state index contributed by atoms with van der Waals surface area (Å²) in [5.41, 5.74) is 1.27. The van der Waals surface area contributed by atoms with Crippen molar-refractivity contribution in [1.82, 2.24) is 0 Å². The van der Waals surface area contributed by atoms with Gasteiger partial charge in [-0.3, -0.25) is 0 Å². The largest absolute Gasteiger partial charge is 0.374 e. The molecule has 1 atom stereocenters. The molecule has 0 spiro atoms. The second-order valence-electron chi connectivity index (χ2n) is 3.67. The quantitative estimate of drug-likeness (QED) is 0.729. The Morgan fingerprint density at radius 1 is 1.07 bits per heavy atom. The summed E-state index contributed by atoms with van der Waals surface area (Å²) >= 11 is 0. The summed E-state index contributed by atoms with van der Waals surface area (Å²) in [5.74, 6) is 0. The van der Waals surface area contributed by atoms with Crippen molar-refractivity contribution in [1.29, 1.82) is 0 Å². The van der Waals surface area contributed by atoms with Crippen LogP contribution >= 0.6 is 0 Å². The van der Waals surface area contributed by atoms with Crippen molar-refractivity contribution in [3.05, 3.63) is 48.0 Å². The van der Waals surface area contributed by atoms with E-state index in [0.29, 0.717) is 0 Å². The van der Waals surface area contributed by atoms with Crippen LogP contribution in [0.25, 0.3) is 10.8 Å². The first kappa shape index (κ1) is 10.2. The zero-order valence-corrected chi connectivity index (χ0v) is 9.23. The molecule has 0 aliphatic heterocycles. The van der Waals surface area contributed by atoms with Crippen molar-refractivity contribution < 1.29 is 4.74 Å². The maximum absolute atomic E-state index is 5.64. The van der Waals surface area contributed by atoms with Gasteiger partial charge in [0, 0.05) is 6.61 Å². The fraction of sp³-hybridized carbons (Fsp3) is 0.286. The summed E-state index contributed by atoms with van der Waals surface area (Å²) in [6, 6.07) is 14.8. The van der Waals surface area contributed by atoms with Crippen LogP contribution in [0.3, 0.4) is 0 Å². The highest BCUT2D eigenvalue weighted by Crippen LogP contribution is 2.25. The van der Waals surface area contributed by atoms with Crippen molar-refractivity contribution in [2.24, 2.45) is 0 Å². The van der Waals surface area contributed by atoms with E-state index in [1.54, 1.807) is 0 Å². The Bertz CT molecular complexity index is 443. The lowest BCUT2D eigenvalue weighted by molar-refractivity contribution is 0.0774. The monoisotopic (exact) mass is 200 g/mol. The summed E-state index contributed by atoms with van der Waals surface area (Å²) in [7, 11) is 0. The summed E-state index contributed by atoms with van der Waals surface area (Å²) in [4.78, 5) is 0. The van der Waals surface area contributed by atoms with Crippen LogP contribution in [0.15, 0.2) is 42.5 Å². The Kier molecular flexibility index (Phi) is 3.02. The minimum absolute atomic E-state index is 0.168. The highest BCUT2D eigenvalue weighted by Gasteiger charge is 2.07. The number of benzene rings is 2. The molecule has 2 aromatic rings. The van der Waals surface area contributed by atoms with Gasteiger partial charge >= 0.3 is 0 Å². The predicted octanol–water partition coefficient (Wildman–Crippen LogP) is 3.94. The van der Waals surface area contributed by atoms with Gasteiger partial charge in [0.05, 0.1) is 6.10 Å². The molecule has 0 N–H and O–H groups in total. The third-order valence-electron chi connectivity index (χ3n) is 2.68. The van der Waals surface area contributed by atoms with Crippen LogP contribution in [0.2, 0.25) is 0 Å². The Labute approximate surface area is 90.7 Å². The third kappa shape index (κ3) is 2.02. The van der Waals surface area contributed by atoms with E-state index in [4.69, 9.17) is 4.74 Å². The first-order valence-electron chi connectivity index (χ1n) is 5.42. The molecule has 15 heavy (non-hydrogen) atoms. The molecule has 0 amide bonds. The van der Waals surface area contributed by atoms with Gasteiger partial charge in [-0.25, -0.2) is 0 Å². The van der Waals surface area contributed by atoms with Gasteiger partial charge in [0.2, 0.25) is 0 Å². The zero-order chi connectivity index (χ0) is 10.7. The fourth-order valence-corrected chi connectivity index (χ4v) is 1.94. The van der Waals surface area contributed by atoms with E-state index >= 15 is 0 Å². The Balaban J connectivity index is 2.50. The minimum Gasteiger partial charge on any atom is -0.374 e. The Morgan fingerprint density at radius 3 is 2.60 bits per heavy atom. The van der Waals surface area contributed by atoms with Crippen LogP contribution in [0, 0.1) is 0 Å². The molecule has 0 unspecified atom stereocenters. The van der Waals surface area contributed by atoms with Gasteiger partial charge in [0.25, 0.3) is 0 Å². The molecule has 2 rings (SSSR count). The van der Waals surface area contributed by atoms with Gasteiger partial charge in [-0.15, -0.1) is 0 Å². The van der Waals surface area contributed by atoms with E-state index in [1.807, 2.05) is 6.92 Å². The SMILES string of the molecule is CCO[C@@H](C)c1cccc2ccccc12. The van der Waals surface area contributed by atoms with Crippen molar-refractivity contribution in [3.63, 3.8) is 0 Å². The van der Waals surface area contributed by atoms with E-state index in [0.717, 1.165) is 6.61 Å². The second-order valence-corrected chi connectivity index (χ2v) is 3.67. The van der Waals surface area contributed by atoms with Crippen molar-refractivity contribution in [2.45, 2.75) is 20.0 Å². The molecule has 2 aromatic carbocycles. The van der Waals surface area contributed by atoms with E-state index < -0.39 is 0 Å². The van der Waals surface area contributed by atoms with Crippen LogP contribution in [-0.4, -0.2) is 6.61 Å². The minimum atomic E-state index is 0.168. The first-order chi connectivity index (χ1) is 7.33. The molecular formula is C14H16O. The van der Waals surface area contributed by atoms with Gasteiger partial charge in [0.1, 0.15) is 0 Å². The van der Waals surface area contributed by atoms with Gasteiger partial charge in [-0.2, -0.15) is 0 Å². The van der Waals surface area contributed by atoms with Gasteiger partial charge in [-0.1, -0.05) is 42.5 Å². The van der Waals surface area contributed by atoms with Crippen LogP contribution < -0.4 is 0 Å². The highest BCUT2D eigenvalue weighted by molar-refractivity contribution is 5.85. The Hall–Kier alpha value is -1.34. The maximum Gasteiger partial charge on any atom is 0.0802 e. The molecule has 0 fully saturated rings. The first-order valence-corrected chi connectivity index (χ1v) is 5.42. The van der Waals surface area contributed by atoms with Gasteiger partial charge in [-0.05, 0) is 30.2 Å². The van der Waals surface area contributed by atoms with Crippen LogP contribution in [0.4, 0.5) is 0 Å². The van der Waals surface area contributed by atoms with Crippen molar-refractivity contribution >= 4 is 10.8 Å². The van der Waals surface area contributed by atoms with Crippen LogP contribution in [0.1, 0.15) is 25.5 Å². The number of rotatable bonds is 3. The summed E-state index contributed by atoms with van der Waals surface area (Å²) in [6.07, 6.45) is 0.168. The molecule has 0 heterocycles. The van der Waals surface area contributed by atoms with E-state index in [9.17, 15) is 0 Å². The Morgan fingerprint density at radius 2 is 1.80 bits per heavy atom. The van der Waals surface area contributed by atoms with Gasteiger partial charge < -0.3 is 4.74 Å². The molecule has 78 valence electrons. The average Bonchev–Trinajstić information content (AvgIpc) is 2.28. The number of hydrogen-bond donors (Lipinski definition) is 0. The van der Waals surface area contributed by atoms with Crippen molar-refractivity contribution in [2.75, 3.05) is 6.61 Å². The van der Waals surface area contributed by atoms with Crippen molar-refractivity contribution in [3.8, 4) is 0 Å². The summed E-state index contributed by atoms with van der Waals surface area (Å²) in [6.45, 7) is 4.89. The third-order valence-corrected chi connectivity index (χ3v) is 2.68. The molecule has 0 aliphatic carbocycles. The van der Waals surface area contributed by atoms with Crippen LogP contribution in [-0.2, 0) is 4.74 Å². The van der Waals surface area contributed by atoms with E-state index in [2.05, 4.69) is 49.4 Å². The summed E-state index contributed by atoms with van der Waals surface area (Å²) in [5, 5.41) is 2.57. The zero-order valence-electron chi connectivity index (χ0n) is 9.23. The molecule has 0 radical (unpaired) electrons. The topological polar surface area (TPSA) is 9.23 Å². The molecule has 0 bridgehead atoms. The maximum atomic E-state index is 5.64. The van der Waals surface area contributed by atoms with E-state index in [1.165, 1.54) is 16.3 Å². The van der Waals surface area contributed by atoms with Crippen LogP contribution in [0.5, 0.6) is 0 Å². The lowest BCUT2D eigenvalue weighted by atomic mass is 10.0. The second kappa shape index (κ2) is 4.45. The predicted molar refractivity (Wildman–Crippen MR) is 64.0 cm³/mol. The molecular weight excluding hydrogens is 184 g/mol. The molecule has 1 heteroatoms. The standard InChI is InChI=1S/C14H16O/c1-3-15-11(2)13-10-6-8-12-7-4-5-9-14(12)13/h4-11H,3H2,1-2H3/t11-/m0/s1. The van der Waals surface area contributed by atoms with E-state index in [-0.39, 0.29) is 6.10 Å². The molecule has 1 nitrogen and oxygen atoms in total. The average molecular weight is 200 g/mol. The summed E-state index contributed by atoms with van der Waals surface area (Å²) < 4.78 is 5.64.